The molecule has 0 unspecified atom stereocenters. The number of nitrogens with one attached hydrogen (secondary N) is 1. The molecule has 0 atom stereocenters. The van der Waals surface area contributed by atoms with E-state index in [0.717, 1.165) is 12.8 Å². The fourth-order valence-electron chi connectivity index (χ4n) is 3.71. The topological polar surface area (TPSA) is 98.8 Å². The van der Waals surface area contributed by atoms with Crippen molar-refractivity contribution in [3.05, 3.63) is 59.7 Å². The fraction of sp³-hybridized carbons (Fsp3) is 0.407. The van der Waals surface area contributed by atoms with E-state index in [9.17, 15) is 19.2 Å². The number of ether oxygens (including phenoxy) is 2. The maximum Gasteiger partial charge on any atom is 0.309 e. The van der Waals surface area contributed by atoms with Gasteiger partial charge < -0.3 is 14.8 Å². The predicted octanol–water partition coefficient (Wildman–Crippen LogP) is 4.88. The van der Waals surface area contributed by atoms with Gasteiger partial charge in [0.05, 0.1) is 5.92 Å². The molecule has 180 valence electrons. The van der Waals surface area contributed by atoms with Gasteiger partial charge in [-0.3, -0.25) is 19.2 Å². The van der Waals surface area contributed by atoms with Crippen LogP contribution in [0.2, 0.25) is 0 Å². The minimum atomic E-state index is -0.548. The second kappa shape index (κ2) is 11.1. The maximum absolute atomic E-state index is 12.8. The Morgan fingerprint density at radius 3 is 1.79 bits per heavy atom. The van der Waals surface area contributed by atoms with Gasteiger partial charge in [-0.2, -0.15) is 0 Å². The number of rotatable bonds is 12. The lowest BCUT2D eigenvalue weighted by Crippen LogP contribution is -2.48. The molecule has 34 heavy (non-hydrogen) atoms. The van der Waals surface area contributed by atoms with Gasteiger partial charge in [-0.25, -0.2) is 0 Å². The quantitative estimate of drug-likeness (QED) is 0.354. The second-order valence-electron chi connectivity index (χ2n) is 8.72. The van der Waals surface area contributed by atoms with Gasteiger partial charge >= 0.3 is 5.97 Å². The van der Waals surface area contributed by atoms with Crippen LogP contribution in [0.5, 0.6) is 11.5 Å². The summed E-state index contributed by atoms with van der Waals surface area (Å²) in [5, 5.41) is 2.94. The third-order valence-electron chi connectivity index (χ3n) is 6.14. The third-order valence-corrected chi connectivity index (χ3v) is 6.14. The Kier molecular flexibility index (Phi) is 8.21. The highest BCUT2D eigenvalue weighted by atomic mass is 16.5. The maximum atomic E-state index is 12.8. The Bertz CT molecular complexity index is 1030. The molecule has 1 amide bonds. The summed E-state index contributed by atoms with van der Waals surface area (Å²) in [4.78, 5) is 48.2. The van der Waals surface area contributed by atoms with Crippen LogP contribution < -0.4 is 10.1 Å². The molecule has 0 saturated heterocycles. The first-order chi connectivity index (χ1) is 16.2. The van der Waals surface area contributed by atoms with E-state index < -0.39 is 5.54 Å². The molecule has 2 aromatic carbocycles. The van der Waals surface area contributed by atoms with Crippen molar-refractivity contribution in [2.24, 2.45) is 5.92 Å². The van der Waals surface area contributed by atoms with Crippen LogP contribution in [0, 0.1) is 5.92 Å². The van der Waals surface area contributed by atoms with Crippen molar-refractivity contribution in [2.45, 2.75) is 58.4 Å². The number of amides is 1. The monoisotopic (exact) mass is 465 g/mol. The lowest BCUT2D eigenvalue weighted by Gasteiger charge is -2.32. The van der Waals surface area contributed by atoms with E-state index in [2.05, 4.69) is 5.32 Å². The number of ketones is 2. The van der Waals surface area contributed by atoms with Gasteiger partial charge in [0.2, 0.25) is 5.91 Å². The number of Topliss-reactive ketones (excluding diaryl/α,β-unsaturated/α-hetero) is 2. The van der Waals surface area contributed by atoms with Crippen molar-refractivity contribution in [1.82, 2.24) is 5.32 Å². The van der Waals surface area contributed by atoms with E-state index in [1.165, 1.54) is 6.92 Å². The summed E-state index contributed by atoms with van der Waals surface area (Å²) < 4.78 is 10.9. The van der Waals surface area contributed by atoms with Crippen molar-refractivity contribution in [1.29, 1.82) is 0 Å². The highest BCUT2D eigenvalue weighted by Gasteiger charge is 2.32. The molecule has 0 spiro atoms. The second-order valence-corrected chi connectivity index (χ2v) is 8.72. The van der Waals surface area contributed by atoms with E-state index in [4.69, 9.17) is 9.47 Å². The minimum Gasteiger partial charge on any atom is -0.457 e. The number of benzene rings is 2. The number of esters is 1. The Morgan fingerprint density at radius 1 is 0.853 bits per heavy atom. The van der Waals surface area contributed by atoms with E-state index >= 15 is 0 Å². The van der Waals surface area contributed by atoms with Gasteiger partial charge in [-0.15, -0.1) is 0 Å². The number of hydrogen-bond acceptors (Lipinski definition) is 6. The summed E-state index contributed by atoms with van der Waals surface area (Å²) in [5.74, 6) is 0.281. The summed E-state index contributed by atoms with van der Waals surface area (Å²) in [6.45, 7) is 5.12. The zero-order valence-electron chi connectivity index (χ0n) is 19.9. The Hall–Kier alpha value is -3.48. The van der Waals surface area contributed by atoms with E-state index in [-0.39, 0.29) is 42.4 Å². The molecule has 1 N–H and O–H groups in total. The molecule has 3 rings (SSSR count). The first-order valence-electron chi connectivity index (χ1n) is 11.6. The average Bonchev–Trinajstić information content (AvgIpc) is 3.68. The van der Waals surface area contributed by atoms with Crippen LogP contribution in [-0.2, 0) is 14.3 Å². The Labute approximate surface area is 199 Å². The summed E-state index contributed by atoms with van der Waals surface area (Å²) >= 11 is 0. The molecule has 0 heterocycles. The smallest absolute Gasteiger partial charge is 0.309 e. The Morgan fingerprint density at radius 2 is 1.35 bits per heavy atom. The number of carbonyl (C=O) groups excluding carboxylic acids is 4. The fourth-order valence-corrected chi connectivity index (χ4v) is 3.71. The highest BCUT2D eigenvalue weighted by Crippen LogP contribution is 2.30. The van der Waals surface area contributed by atoms with Crippen molar-refractivity contribution < 1.29 is 28.7 Å². The van der Waals surface area contributed by atoms with Crippen LogP contribution in [0.15, 0.2) is 48.5 Å². The van der Waals surface area contributed by atoms with Gasteiger partial charge in [-0.05, 0) is 74.2 Å². The van der Waals surface area contributed by atoms with Crippen LogP contribution in [0.25, 0.3) is 0 Å². The minimum absolute atomic E-state index is 0.0386. The lowest BCUT2D eigenvalue weighted by molar-refractivity contribution is -0.144. The first-order valence-corrected chi connectivity index (χ1v) is 11.6. The van der Waals surface area contributed by atoms with E-state index in [0.29, 0.717) is 35.5 Å². The molecule has 7 nitrogen and oxygen atoms in total. The summed E-state index contributed by atoms with van der Waals surface area (Å²) in [5.41, 5.74) is 0.435. The third kappa shape index (κ3) is 6.76. The highest BCUT2D eigenvalue weighted by molar-refractivity contribution is 5.98. The van der Waals surface area contributed by atoms with Gasteiger partial charge in [0.25, 0.3) is 0 Å². The molecule has 1 aliphatic rings. The summed E-state index contributed by atoms with van der Waals surface area (Å²) in [7, 11) is 0. The van der Waals surface area contributed by atoms with Gasteiger partial charge in [0, 0.05) is 30.0 Å². The van der Waals surface area contributed by atoms with Crippen molar-refractivity contribution >= 4 is 23.4 Å². The van der Waals surface area contributed by atoms with Crippen LogP contribution in [0.3, 0.4) is 0 Å². The lowest BCUT2D eigenvalue weighted by atomic mass is 9.85. The average molecular weight is 466 g/mol. The molecule has 1 fully saturated rings. The summed E-state index contributed by atoms with van der Waals surface area (Å²) in [6, 6.07) is 13.4. The summed E-state index contributed by atoms with van der Waals surface area (Å²) in [6.07, 6.45) is 3.23. The molecule has 7 heteroatoms. The molecular formula is C27H31NO6. The van der Waals surface area contributed by atoms with Gasteiger partial charge in [0.1, 0.15) is 11.5 Å². The van der Waals surface area contributed by atoms with Crippen LogP contribution in [0.1, 0.15) is 73.6 Å². The molecular weight excluding hydrogens is 434 g/mol. The normalized spacial score (nSPS) is 13.1. The molecule has 0 bridgehead atoms. The zero-order chi connectivity index (χ0) is 24.7. The predicted molar refractivity (Wildman–Crippen MR) is 127 cm³/mol. The van der Waals surface area contributed by atoms with Crippen LogP contribution in [0.4, 0.5) is 0 Å². The zero-order valence-corrected chi connectivity index (χ0v) is 19.9. The van der Waals surface area contributed by atoms with Crippen molar-refractivity contribution in [3.63, 3.8) is 0 Å². The van der Waals surface area contributed by atoms with E-state index in [1.54, 1.807) is 48.5 Å². The largest absolute Gasteiger partial charge is 0.457 e. The molecule has 0 aromatic heterocycles. The van der Waals surface area contributed by atoms with Crippen LogP contribution in [-0.4, -0.2) is 35.6 Å². The molecule has 1 saturated carbocycles. The Balaban J connectivity index is 1.56. The first kappa shape index (κ1) is 25.1. The van der Waals surface area contributed by atoms with Crippen LogP contribution >= 0.6 is 0 Å². The number of hydrogen-bond donors (Lipinski definition) is 1. The van der Waals surface area contributed by atoms with Crippen molar-refractivity contribution in [3.8, 4) is 11.5 Å². The molecule has 0 radical (unpaired) electrons. The number of carbonyl (C=O) groups is 4. The molecule has 0 aliphatic heterocycles. The molecule has 1 aliphatic carbocycles. The van der Waals surface area contributed by atoms with Gasteiger partial charge in [-0.1, -0.05) is 13.8 Å². The van der Waals surface area contributed by atoms with E-state index in [1.807, 2.05) is 13.8 Å². The van der Waals surface area contributed by atoms with Gasteiger partial charge in [0.15, 0.2) is 18.2 Å². The molecule has 2 aromatic rings. The van der Waals surface area contributed by atoms with Crippen molar-refractivity contribution in [2.75, 3.05) is 6.61 Å². The standard InChI is InChI=1S/C27H31NO6/c1-4-27(5-2,28-18(3)29)16-24(30)19-8-12-22(13-9-19)34-23-14-10-20(11-15-23)25(31)17-33-26(32)21-6-7-21/h8-15,21H,4-7,16-17H2,1-3H3,(H,28,29). The SMILES string of the molecule is CCC(CC)(CC(=O)c1ccc(Oc2ccc(C(=O)COC(=O)C3CC3)cc2)cc1)NC(C)=O.